The van der Waals surface area contributed by atoms with Crippen LogP contribution in [0, 0.1) is 0 Å². The number of carbonyl (C=O) groups is 1. The number of hydrogen-bond acceptors (Lipinski definition) is 3. The van der Waals surface area contributed by atoms with Crippen LogP contribution in [0.4, 0.5) is 0 Å². The summed E-state index contributed by atoms with van der Waals surface area (Å²) in [6, 6.07) is 0. The second-order valence-electron chi connectivity index (χ2n) is 2.05. The second kappa shape index (κ2) is 6.15. The third kappa shape index (κ3) is 5.22. The zero-order valence-electron chi connectivity index (χ0n) is 7.08. The van der Waals surface area contributed by atoms with Crippen molar-refractivity contribution in [3.8, 4) is 0 Å². The van der Waals surface area contributed by atoms with E-state index in [4.69, 9.17) is 5.73 Å². The Kier molecular flexibility index (Phi) is 5.34. The van der Waals surface area contributed by atoms with Gasteiger partial charge in [0.2, 0.25) is 5.91 Å². The number of rotatable bonds is 4. The number of amides is 1. The number of nitrogens with two attached hydrogens (primary N) is 1. The lowest BCUT2D eigenvalue weighted by Gasteiger charge is -1.99. The van der Waals surface area contributed by atoms with Gasteiger partial charge >= 0.3 is 0 Å². The first kappa shape index (κ1) is 10.4. The Hall–Kier alpha value is -1.58. The molecule has 0 heterocycles. The molecule has 4 heteroatoms. The predicted molar refractivity (Wildman–Crippen MR) is 49.4 cm³/mol. The van der Waals surface area contributed by atoms with Crippen molar-refractivity contribution in [2.75, 3.05) is 0 Å². The van der Waals surface area contributed by atoms with Gasteiger partial charge in [-0.05, 0) is 0 Å². The van der Waals surface area contributed by atoms with Gasteiger partial charge in [-0.25, -0.2) is 0 Å². The largest absolute Gasteiger partial charge is 0.403 e. The van der Waals surface area contributed by atoms with Crippen LogP contribution < -0.4 is 11.1 Å². The number of aliphatic imine (C=N–C) groups is 1. The lowest BCUT2D eigenvalue weighted by molar-refractivity contribution is -0.119. The summed E-state index contributed by atoms with van der Waals surface area (Å²) >= 11 is 0. The van der Waals surface area contributed by atoms with Crippen molar-refractivity contribution in [3.63, 3.8) is 0 Å². The fourth-order valence-corrected chi connectivity index (χ4v) is 0.482. The minimum atomic E-state index is -0.0804. The Labute approximate surface area is 71.9 Å². The third-order valence-electron chi connectivity index (χ3n) is 1.02. The van der Waals surface area contributed by atoms with E-state index in [9.17, 15) is 4.79 Å². The van der Waals surface area contributed by atoms with Gasteiger partial charge in [0, 0.05) is 25.0 Å². The zero-order chi connectivity index (χ0) is 9.40. The van der Waals surface area contributed by atoms with Crippen molar-refractivity contribution in [1.29, 1.82) is 0 Å². The highest BCUT2D eigenvalue weighted by molar-refractivity contribution is 5.87. The first-order valence-electron chi connectivity index (χ1n) is 3.59. The molecular weight excluding hydrogens is 154 g/mol. The van der Waals surface area contributed by atoms with E-state index in [1.54, 1.807) is 6.92 Å². The molecule has 4 nitrogen and oxygen atoms in total. The number of hydrogen-bond donors (Lipinski definition) is 2. The minimum absolute atomic E-state index is 0.0804. The molecule has 12 heavy (non-hydrogen) atoms. The first-order chi connectivity index (χ1) is 5.70. The van der Waals surface area contributed by atoms with Crippen LogP contribution in [0.1, 0.15) is 13.3 Å². The topological polar surface area (TPSA) is 67.5 Å². The van der Waals surface area contributed by atoms with Crippen LogP contribution in [0.25, 0.3) is 0 Å². The highest BCUT2D eigenvalue weighted by atomic mass is 16.1. The molecule has 0 saturated heterocycles. The van der Waals surface area contributed by atoms with Crippen LogP contribution >= 0.6 is 0 Å². The van der Waals surface area contributed by atoms with Gasteiger partial charge in [-0.1, -0.05) is 13.5 Å². The van der Waals surface area contributed by atoms with Crippen LogP contribution in [0.3, 0.4) is 0 Å². The average molecular weight is 167 g/mol. The van der Waals surface area contributed by atoms with Gasteiger partial charge < -0.3 is 11.1 Å². The van der Waals surface area contributed by atoms with Crippen LogP contribution in [0.15, 0.2) is 29.7 Å². The van der Waals surface area contributed by atoms with Crippen LogP contribution in [0.5, 0.6) is 0 Å². The molecular formula is C8H13N3O. The zero-order valence-corrected chi connectivity index (χ0v) is 7.08. The van der Waals surface area contributed by atoms with Crippen LogP contribution in [-0.2, 0) is 4.79 Å². The van der Waals surface area contributed by atoms with Crippen LogP contribution in [0.2, 0.25) is 0 Å². The first-order valence-corrected chi connectivity index (χ1v) is 3.59. The monoisotopic (exact) mass is 167 g/mol. The quantitative estimate of drug-likeness (QED) is 0.599. The molecule has 0 saturated carbocycles. The van der Waals surface area contributed by atoms with Crippen molar-refractivity contribution in [1.82, 2.24) is 5.32 Å². The van der Waals surface area contributed by atoms with E-state index in [0.717, 1.165) is 0 Å². The molecule has 0 aliphatic carbocycles. The predicted octanol–water partition coefficient (Wildman–Crippen LogP) is 0.527. The summed E-state index contributed by atoms with van der Waals surface area (Å²) in [5.74, 6) is -0.0804. The van der Waals surface area contributed by atoms with E-state index in [2.05, 4.69) is 16.9 Å². The molecule has 0 fully saturated rings. The molecule has 0 aromatic heterocycles. The van der Waals surface area contributed by atoms with Crippen molar-refractivity contribution in [2.45, 2.75) is 13.3 Å². The Morgan fingerprint density at radius 2 is 2.42 bits per heavy atom. The summed E-state index contributed by atoms with van der Waals surface area (Å²) in [4.78, 5) is 14.5. The van der Waals surface area contributed by atoms with Gasteiger partial charge in [-0.15, -0.1) is 0 Å². The molecule has 0 aliphatic heterocycles. The fourth-order valence-electron chi connectivity index (χ4n) is 0.482. The van der Waals surface area contributed by atoms with Crippen molar-refractivity contribution >= 4 is 12.1 Å². The summed E-state index contributed by atoms with van der Waals surface area (Å²) < 4.78 is 0. The van der Waals surface area contributed by atoms with E-state index < -0.39 is 0 Å². The average Bonchev–Trinajstić information content (AvgIpc) is 2.05. The number of carbonyl (C=O) groups excluding carboxylic acids is 1. The molecule has 0 rings (SSSR count). The minimum Gasteiger partial charge on any atom is -0.403 e. The standard InChI is InChI=1S/C8H13N3O/c1-3-8(12)11-7(2)6-10-5-4-9/h4-6H,2-3,9H2,1H3,(H,11,12)/b5-4-,10-6-. The van der Waals surface area contributed by atoms with E-state index in [1.165, 1.54) is 18.6 Å². The molecule has 0 aromatic carbocycles. The van der Waals surface area contributed by atoms with Gasteiger partial charge in [-0.2, -0.15) is 0 Å². The molecule has 0 aliphatic rings. The highest BCUT2D eigenvalue weighted by Gasteiger charge is 1.95. The third-order valence-corrected chi connectivity index (χ3v) is 1.02. The normalized spacial score (nSPS) is 10.8. The Morgan fingerprint density at radius 1 is 1.75 bits per heavy atom. The molecule has 3 N–H and O–H groups in total. The van der Waals surface area contributed by atoms with Gasteiger partial charge in [-0.3, -0.25) is 9.79 Å². The summed E-state index contributed by atoms with van der Waals surface area (Å²) in [5.41, 5.74) is 5.49. The maximum Gasteiger partial charge on any atom is 0.224 e. The van der Waals surface area contributed by atoms with E-state index in [-0.39, 0.29) is 5.91 Å². The number of nitrogens with one attached hydrogen (secondary N) is 1. The van der Waals surface area contributed by atoms with Crippen molar-refractivity contribution in [3.05, 3.63) is 24.7 Å². The molecule has 0 unspecified atom stereocenters. The number of nitrogens with zero attached hydrogens (tertiary/aromatic N) is 1. The Balaban J connectivity index is 3.81. The van der Waals surface area contributed by atoms with Crippen molar-refractivity contribution < 1.29 is 4.79 Å². The molecule has 0 bridgehead atoms. The molecule has 0 radical (unpaired) electrons. The molecule has 0 atom stereocenters. The second-order valence-corrected chi connectivity index (χ2v) is 2.05. The summed E-state index contributed by atoms with van der Waals surface area (Å²) in [6.45, 7) is 5.32. The molecule has 0 spiro atoms. The van der Waals surface area contributed by atoms with E-state index in [1.807, 2.05) is 0 Å². The lowest BCUT2D eigenvalue weighted by atomic mass is 10.4. The molecule has 1 amide bonds. The van der Waals surface area contributed by atoms with Crippen LogP contribution in [-0.4, -0.2) is 12.1 Å². The summed E-state index contributed by atoms with van der Waals surface area (Å²) in [5, 5.41) is 2.53. The van der Waals surface area contributed by atoms with Crippen molar-refractivity contribution in [2.24, 2.45) is 10.7 Å². The fraction of sp³-hybridized carbons (Fsp3) is 0.250. The maximum absolute atomic E-state index is 10.8. The summed E-state index contributed by atoms with van der Waals surface area (Å²) in [6.07, 6.45) is 4.56. The van der Waals surface area contributed by atoms with E-state index >= 15 is 0 Å². The molecule has 0 aromatic rings. The highest BCUT2D eigenvalue weighted by Crippen LogP contribution is 1.82. The van der Waals surface area contributed by atoms with Gasteiger partial charge in [0.15, 0.2) is 0 Å². The maximum atomic E-state index is 10.8. The summed E-state index contributed by atoms with van der Waals surface area (Å²) in [7, 11) is 0. The Morgan fingerprint density at radius 3 is 2.92 bits per heavy atom. The smallest absolute Gasteiger partial charge is 0.224 e. The number of allylic oxidation sites excluding steroid dienone is 1. The Bertz CT molecular complexity index is 218. The van der Waals surface area contributed by atoms with Gasteiger partial charge in [0.25, 0.3) is 0 Å². The lowest BCUT2D eigenvalue weighted by Crippen LogP contribution is -2.21. The van der Waals surface area contributed by atoms with Gasteiger partial charge in [0.1, 0.15) is 0 Å². The molecule has 66 valence electrons. The van der Waals surface area contributed by atoms with Gasteiger partial charge in [0.05, 0.1) is 5.70 Å². The van der Waals surface area contributed by atoms with E-state index in [0.29, 0.717) is 12.1 Å². The SMILES string of the molecule is C=C(/C=N\C=C/N)NC(=O)CC.